The van der Waals surface area contributed by atoms with Crippen LogP contribution in [0.5, 0.6) is 5.75 Å². The van der Waals surface area contributed by atoms with Crippen LogP contribution in [-0.4, -0.2) is 72.2 Å². The minimum Gasteiger partial charge on any atom is -0.488 e. The summed E-state index contributed by atoms with van der Waals surface area (Å²) in [5, 5.41) is 12.8. The van der Waals surface area contributed by atoms with Crippen molar-refractivity contribution in [3.8, 4) is 5.75 Å². The topological polar surface area (TPSA) is 82.1 Å². The first-order valence-corrected chi connectivity index (χ1v) is 13.0. The number of hydrogen-bond acceptors (Lipinski definition) is 5. The van der Waals surface area contributed by atoms with Gasteiger partial charge in [0, 0.05) is 36.8 Å². The number of rotatable bonds is 9. The van der Waals surface area contributed by atoms with E-state index in [0.717, 1.165) is 30.1 Å². The minimum atomic E-state index is -0.278. The second-order valence-corrected chi connectivity index (χ2v) is 10.6. The molecular weight excluding hydrogens is 454 g/mol. The predicted octanol–water partition coefficient (Wildman–Crippen LogP) is 3.36. The molecule has 2 aliphatic rings. The second-order valence-electron chi connectivity index (χ2n) is 10.6. The Kier molecular flexibility index (Phi) is 8.64. The first-order chi connectivity index (χ1) is 17.3. The Balaban J connectivity index is 1.55. The number of carbonyl (C=O) groups is 2. The van der Waals surface area contributed by atoms with Gasteiger partial charge in [-0.15, -0.1) is 0 Å². The fraction of sp³-hybridized carbons (Fsp3) is 0.517. The van der Waals surface area contributed by atoms with E-state index in [4.69, 9.17) is 4.74 Å². The van der Waals surface area contributed by atoms with Gasteiger partial charge in [0.2, 0.25) is 11.8 Å². The third kappa shape index (κ3) is 7.08. The summed E-state index contributed by atoms with van der Waals surface area (Å²) in [4.78, 5) is 30.1. The highest BCUT2D eigenvalue weighted by atomic mass is 16.5. The van der Waals surface area contributed by atoms with Crippen molar-refractivity contribution in [2.45, 2.75) is 51.7 Å². The molecule has 1 aliphatic heterocycles. The fourth-order valence-corrected chi connectivity index (χ4v) is 4.83. The largest absolute Gasteiger partial charge is 0.488 e. The standard InChI is InChI=1S/C29H39N3O4/c1-20-16-32(21(2)19-33)29(35)15-24-14-25(30-28(34)13-22-7-5-4-6-8-22)11-12-26(24)36-27(20)18-31(3)17-23-9-10-23/h4-8,11-12,14,20-21,23,27,33H,9-10,13,15-19H2,1-3H3,(H,30,34)/t20-,21-,27-/m1/s1. The maximum Gasteiger partial charge on any atom is 0.228 e. The van der Waals surface area contributed by atoms with Crippen molar-refractivity contribution in [2.24, 2.45) is 11.8 Å². The normalized spacial score (nSPS) is 21.1. The highest BCUT2D eigenvalue weighted by Crippen LogP contribution is 2.31. The summed E-state index contributed by atoms with van der Waals surface area (Å²) in [5.74, 6) is 1.39. The van der Waals surface area contributed by atoms with Crippen LogP contribution in [0.3, 0.4) is 0 Å². The Hall–Kier alpha value is -2.90. The van der Waals surface area contributed by atoms with Crippen LogP contribution in [0, 0.1) is 11.8 Å². The van der Waals surface area contributed by atoms with Crippen molar-refractivity contribution in [1.29, 1.82) is 0 Å². The summed E-state index contributed by atoms with van der Waals surface area (Å²) in [6.45, 7) is 6.25. The van der Waals surface area contributed by atoms with Crippen LogP contribution in [0.15, 0.2) is 48.5 Å². The zero-order valence-corrected chi connectivity index (χ0v) is 21.7. The molecule has 2 aromatic rings. The molecule has 1 saturated carbocycles. The van der Waals surface area contributed by atoms with Crippen molar-refractivity contribution < 1.29 is 19.4 Å². The molecule has 0 saturated heterocycles. The van der Waals surface area contributed by atoms with Crippen LogP contribution in [0.4, 0.5) is 5.69 Å². The Morgan fingerprint density at radius 3 is 2.64 bits per heavy atom. The number of fused-ring (bicyclic) bond motifs is 1. The molecule has 1 heterocycles. The van der Waals surface area contributed by atoms with Gasteiger partial charge in [-0.05, 0) is 56.5 Å². The van der Waals surface area contributed by atoms with Gasteiger partial charge in [-0.1, -0.05) is 37.3 Å². The molecule has 1 fully saturated rings. The van der Waals surface area contributed by atoms with Gasteiger partial charge in [-0.25, -0.2) is 0 Å². The van der Waals surface area contributed by atoms with Crippen LogP contribution in [-0.2, 0) is 22.4 Å². The maximum atomic E-state index is 13.3. The van der Waals surface area contributed by atoms with E-state index in [-0.39, 0.29) is 49.3 Å². The molecule has 194 valence electrons. The van der Waals surface area contributed by atoms with E-state index in [2.05, 4.69) is 24.2 Å². The molecule has 2 N–H and O–H groups in total. The number of anilines is 1. The lowest BCUT2D eigenvalue weighted by molar-refractivity contribution is -0.134. The average Bonchev–Trinajstić information content (AvgIpc) is 3.66. The number of aliphatic hydroxyl groups excluding tert-OH is 1. The Morgan fingerprint density at radius 1 is 1.19 bits per heavy atom. The van der Waals surface area contributed by atoms with Crippen molar-refractivity contribution in [2.75, 3.05) is 38.6 Å². The molecule has 1 aliphatic carbocycles. The first kappa shape index (κ1) is 26.2. The number of amides is 2. The number of hydrogen-bond donors (Lipinski definition) is 2. The van der Waals surface area contributed by atoms with E-state index in [9.17, 15) is 14.7 Å². The summed E-state index contributed by atoms with van der Waals surface area (Å²) >= 11 is 0. The molecule has 0 aromatic heterocycles. The molecule has 0 radical (unpaired) electrons. The van der Waals surface area contributed by atoms with E-state index in [0.29, 0.717) is 18.0 Å². The molecule has 36 heavy (non-hydrogen) atoms. The average molecular weight is 494 g/mol. The van der Waals surface area contributed by atoms with Crippen LogP contribution >= 0.6 is 0 Å². The minimum absolute atomic E-state index is 0.0482. The summed E-state index contributed by atoms with van der Waals surface area (Å²) in [6.07, 6.45) is 2.92. The monoisotopic (exact) mass is 493 g/mol. The summed E-state index contributed by atoms with van der Waals surface area (Å²) in [5.41, 5.74) is 2.33. The Bertz CT molecular complexity index is 1040. The van der Waals surface area contributed by atoms with Crippen molar-refractivity contribution >= 4 is 17.5 Å². The van der Waals surface area contributed by atoms with Crippen LogP contribution in [0.2, 0.25) is 0 Å². The van der Waals surface area contributed by atoms with Crippen LogP contribution in [0.1, 0.15) is 37.8 Å². The third-order valence-corrected chi connectivity index (χ3v) is 7.17. The Labute approximate surface area is 214 Å². The number of aliphatic hydroxyl groups is 1. The molecule has 2 amide bonds. The summed E-state index contributed by atoms with van der Waals surface area (Å²) < 4.78 is 6.57. The summed E-state index contributed by atoms with van der Waals surface area (Å²) in [7, 11) is 2.13. The van der Waals surface area contributed by atoms with Gasteiger partial charge in [-0.2, -0.15) is 0 Å². The van der Waals surface area contributed by atoms with Crippen molar-refractivity contribution in [3.63, 3.8) is 0 Å². The van der Waals surface area contributed by atoms with E-state index < -0.39 is 0 Å². The molecular formula is C29H39N3O4. The number of nitrogens with one attached hydrogen (secondary N) is 1. The quantitative estimate of drug-likeness (QED) is 0.560. The number of nitrogens with zero attached hydrogens (tertiary/aromatic N) is 2. The molecule has 0 spiro atoms. The molecule has 4 rings (SSSR count). The lowest BCUT2D eigenvalue weighted by Crippen LogP contribution is -2.47. The van der Waals surface area contributed by atoms with Gasteiger partial charge in [0.05, 0.1) is 25.5 Å². The first-order valence-electron chi connectivity index (χ1n) is 13.0. The number of carbonyl (C=O) groups excluding carboxylic acids is 2. The zero-order valence-electron chi connectivity index (χ0n) is 21.7. The van der Waals surface area contributed by atoms with Gasteiger partial charge >= 0.3 is 0 Å². The van der Waals surface area contributed by atoms with Gasteiger partial charge in [0.15, 0.2) is 0 Å². The van der Waals surface area contributed by atoms with E-state index >= 15 is 0 Å². The predicted molar refractivity (Wildman–Crippen MR) is 141 cm³/mol. The van der Waals surface area contributed by atoms with E-state index in [1.54, 1.807) is 4.90 Å². The van der Waals surface area contributed by atoms with Crippen LogP contribution < -0.4 is 10.1 Å². The molecule has 7 heteroatoms. The van der Waals surface area contributed by atoms with Gasteiger partial charge < -0.3 is 25.0 Å². The summed E-state index contributed by atoms with van der Waals surface area (Å²) in [6, 6.07) is 14.9. The number of likely N-dealkylation sites (N-methyl/N-ethyl adjacent to an activating group) is 1. The van der Waals surface area contributed by atoms with Gasteiger partial charge in [-0.3, -0.25) is 9.59 Å². The lowest BCUT2D eigenvalue weighted by atomic mass is 10.0. The van der Waals surface area contributed by atoms with Gasteiger partial charge in [0.25, 0.3) is 0 Å². The van der Waals surface area contributed by atoms with Crippen LogP contribution in [0.25, 0.3) is 0 Å². The number of benzene rings is 2. The highest BCUT2D eigenvalue weighted by molar-refractivity contribution is 5.92. The second kappa shape index (κ2) is 11.9. The van der Waals surface area contributed by atoms with Crippen molar-refractivity contribution in [3.05, 3.63) is 59.7 Å². The smallest absolute Gasteiger partial charge is 0.228 e. The molecule has 2 aromatic carbocycles. The van der Waals surface area contributed by atoms with E-state index in [1.165, 1.54) is 12.8 Å². The molecule has 3 atom stereocenters. The third-order valence-electron chi connectivity index (χ3n) is 7.17. The molecule has 0 unspecified atom stereocenters. The highest BCUT2D eigenvalue weighted by Gasteiger charge is 2.32. The SMILES string of the molecule is C[C@@H]1CN([C@H](C)CO)C(=O)Cc2cc(NC(=O)Cc3ccccc3)ccc2O[C@@H]1CN(C)CC1CC1. The Morgan fingerprint density at radius 2 is 1.94 bits per heavy atom. The molecule has 7 nitrogen and oxygen atoms in total. The van der Waals surface area contributed by atoms with Gasteiger partial charge in [0.1, 0.15) is 11.9 Å². The van der Waals surface area contributed by atoms with Crippen molar-refractivity contribution in [1.82, 2.24) is 9.80 Å². The zero-order chi connectivity index (χ0) is 25.7. The van der Waals surface area contributed by atoms with E-state index in [1.807, 2.05) is 55.5 Å². The fourth-order valence-electron chi connectivity index (χ4n) is 4.83. The molecule has 0 bridgehead atoms. The lowest BCUT2D eigenvalue weighted by Gasteiger charge is -2.34. The maximum absolute atomic E-state index is 13.3. The number of ether oxygens (including phenoxy) is 1.